The molecular weight excluding hydrogens is 344 g/mol. The number of carbonyl (C=O) groups excluding carboxylic acids is 1. The van der Waals surface area contributed by atoms with Crippen molar-refractivity contribution in [3.63, 3.8) is 0 Å². The van der Waals surface area contributed by atoms with Crippen LogP contribution in [0.3, 0.4) is 0 Å². The lowest BCUT2D eigenvalue weighted by molar-refractivity contribution is 0.0692. The number of hydrogen-bond acceptors (Lipinski definition) is 5. The van der Waals surface area contributed by atoms with Gasteiger partial charge < -0.3 is 4.90 Å². The molecule has 0 aliphatic carbocycles. The smallest absolute Gasteiger partial charge is 0.271 e. The normalized spacial score (nSPS) is 16.4. The van der Waals surface area contributed by atoms with E-state index in [2.05, 4.69) is 15.3 Å². The molecule has 3 heterocycles. The maximum absolute atomic E-state index is 12.6. The van der Waals surface area contributed by atoms with Gasteiger partial charge in [-0.3, -0.25) is 14.6 Å². The summed E-state index contributed by atoms with van der Waals surface area (Å²) in [6.45, 7) is 5.22. The number of H-pyrrole nitrogens is 1. The molecule has 0 saturated carbocycles. The second-order valence-electron chi connectivity index (χ2n) is 6.29. The van der Waals surface area contributed by atoms with Crippen LogP contribution < -0.4 is 0 Å². The molecule has 0 atom stereocenters. The van der Waals surface area contributed by atoms with E-state index in [1.165, 1.54) is 10.6 Å². The number of carbonyl (C=O) groups is 1. The van der Waals surface area contributed by atoms with Crippen molar-refractivity contribution in [2.75, 3.05) is 32.4 Å². The van der Waals surface area contributed by atoms with Crippen molar-refractivity contribution in [1.82, 2.24) is 29.2 Å². The van der Waals surface area contributed by atoms with E-state index in [1.807, 2.05) is 20.9 Å². The Morgan fingerprint density at radius 2 is 1.84 bits per heavy atom. The summed E-state index contributed by atoms with van der Waals surface area (Å²) in [4.78, 5) is 14.3. The minimum absolute atomic E-state index is 0.175. The SMILES string of the molecule is Cc1nn(C)c(C)c1-c1cc(C(=O)N2CCN(S(C)(=O)=O)CC2)[nH]n1. The van der Waals surface area contributed by atoms with Crippen molar-refractivity contribution in [1.29, 1.82) is 0 Å². The first kappa shape index (κ1) is 17.6. The van der Waals surface area contributed by atoms with Crippen LogP contribution in [-0.2, 0) is 17.1 Å². The fraction of sp³-hybridized carbons (Fsp3) is 0.533. The Bertz CT molecular complexity index is 906. The quantitative estimate of drug-likeness (QED) is 0.832. The summed E-state index contributed by atoms with van der Waals surface area (Å²) in [7, 11) is -1.35. The summed E-state index contributed by atoms with van der Waals surface area (Å²) in [5.74, 6) is -0.175. The Balaban J connectivity index is 1.76. The average molecular weight is 366 g/mol. The summed E-state index contributed by atoms with van der Waals surface area (Å²) < 4.78 is 26.3. The van der Waals surface area contributed by atoms with E-state index in [4.69, 9.17) is 0 Å². The highest BCUT2D eigenvalue weighted by Gasteiger charge is 2.27. The summed E-state index contributed by atoms with van der Waals surface area (Å²) in [5.41, 5.74) is 3.82. The van der Waals surface area contributed by atoms with E-state index >= 15 is 0 Å². The lowest BCUT2D eigenvalue weighted by atomic mass is 10.1. The molecule has 1 N–H and O–H groups in total. The van der Waals surface area contributed by atoms with Gasteiger partial charge in [0, 0.05) is 44.5 Å². The van der Waals surface area contributed by atoms with Gasteiger partial charge in [-0.2, -0.15) is 14.5 Å². The molecule has 0 bridgehead atoms. The number of rotatable bonds is 3. The number of aromatic nitrogens is 4. The van der Waals surface area contributed by atoms with Crippen LogP contribution in [0.5, 0.6) is 0 Å². The van der Waals surface area contributed by atoms with Crippen LogP contribution in [0.4, 0.5) is 0 Å². The molecule has 3 rings (SSSR count). The van der Waals surface area contributed by atoms with Crippen LogP contribution in [-0.4, -0.2) is 75.9 Å². The lowest BCUT2D eigenvalue weighted by Gasteiger charge is -2.32. The second-order valence-corrected chi connectivity index (χ2v) is 8.27. The van der Waals surface area contributed by atoms with Gasteiger partial charge in [-0.1, -0.05) is 0 Å². The molecule has 1 fully saturated rings. The van der Waals surface area contributed by atoms with Gasteiger partial charge in [-0.25, -0.2) is 8.42 Å². The van der Waals surface area contributed by atoms with Gasteiger partial charge in [0.05, 0.1) is 17.6 Å². The molecule has 10 heteroatoms. The van der Waals surface area contributed by atoms with E-state index in [-0.39, 0.29) is 5.91 Å². The minimum atomic E-state index is -3.21. The number of nitrogens with one attached hydrogen (secondary N) is 1. The fourth-order valence-corrected chi connectivity index (χ4v) is 3.92. The molecule has 1 amide bonds. The zero-order chi connectivity index (χ0) is 18.4. The average Bonchev–Trinajstić information content (AvgIpc) is 3.11. The molecule has 25 heavy (non-hydrogen) atoms. The standard InChI is InChI=1S/C15H22N6O3S/c1-10-14(11(2)19(3)18-10)12-9-13(17-16-12)15(22)20-5-7-21(8-6-20)25(4,23)24/h9H,5-8H2,1-4H3,(H,16,17). The van der Waals surface area contributed by atoms with Crippen molar-refractivity contribution in [2.45, 2.75) is 13.8 Å². The Morgan fingerprint density at radius 1 is 1.20 bits per heavy atom. The highest BCUT2D eigenvalue weighted by Crippen LogP contribution is 2.25. The van der Waals surface area contributed by atoms with Crippen LogP contribution in [0.2, 0.25) is 0 Å². The van der Waals surface area contributed by atoms with Gasteiger partial charge in [0.15, 0.2) is 0 Å². The van der Waals surface area contributed by atoms with E-state index in [1.54, 1.807) is 15.6 Å². The summed E-state index contributed by atoms with van der Waals surface area (Å²) in [6, 6.07) is 1.72. The number of piperazine rings is 1. The third-order valence-corrected chi connectivity index (χ3v) is 5.87. The monoisotopic (exact) mass is 366 g/mol. The molecule has 0 spiro atoms. The molecular formula is C15H22N6O3S. The molecule has 1 aliphatic heterocycles. The van der Waals surface area contributed by atoms with Crippen LogP contribution in [0.25, 0.3) is 11.3 Å². The molecule has 136 valence electrons. The molecule has 9 nitrogen and oxygen atoms in total. The number of aryl methyl sites for hydroxylation is 2. The number of amides is 1. The number of aromatic amines is 1. The molecule has 1 saturated heterocycles. The predicted molar refractivity (Wildman–Crippen MR) is 92.6 cm³/mol. The number of hydrogen-bond donors (Lipinski definition) is 1. The Morgan fingerprint density at radius 3 is 2.36 bits per heavy atom. The Labute approximate surface area is 146 Å². The number of nitrogens with zero attached hydrogens (tertiary/aromatic N) is 5. The van der Waals surface area contributed by atoms with E-state index in [0.29, 0.717) is 37.6 Å². The largest absolute Gasteiger partial charge is 0.335 e. The van der Waals surface area contributed by atoms with Gasteiger partial charge in [0.25, 0.3) is 5.91 Å². The highest BCUT2D eigenvalue weighted by molar-refractivity contribution is 7.88. The molecule has 0 radical (unpaired) electrons. The van der Waals surface area contributed by atoms with Crippen LogP contribution in [0, 0.1) is 13.8 Å². The maximum Gasteiger partial charge on any atom is 0.271 e. The molecule has 2 aromatic rings. The van der Waals surface area contributed by atoms with E-state index in [0.717, 1.165) is 17.0 Å². The third-order valence-electron chi connectivity index (χ3n) is 4.57. The summed E-state index contributed by atoms with van der Waals surface area (Å²) in [6.07, 6.45) is 1.18. The first-order valence-electron chi connectivity index (χ1n) is 7.99. The van der Waals surface area contributed by atoms with Crippen molar-refractivity contribution < 1.29 is 13.2 Å². The molecule has 1 aliphatic rings. The van der Waals surface area contributed by atoms with Gasteiger partial charge >= 0.3 is 0 Å². The Kier molecular flexibility index (Phi) is 4.41. The van der Waals surface area contributed by atoms with E-state index < -0.39 is 10.0 Å². The van der Waals surface area contributed by atoms with Crippen molar-refractivity contribution in [2.24, 2.45) is 7.05 Å². The summed E-state index contributed by atoms with van der Waals surface area (Å²) in [5, 5.41) is 11.4. The van der Waals surface area contributed by atoms with Crippen LogP contribution >= 0.6 is 0 Å². The fourth-order valence-electron chi connectivity index (χ4n) is 3.10. The molecule has 0 unspecified atom stereocenters. The maximum atomic E-state index is 12.6. The lowest BCUT2D eigenvalue weighted by Crippen LogP contribution is -2.50. The first-order chi connectivity index (χ1) is 11.7. The predicted octanol–water partition coefficient (Wildman–Crippen LogP) is 0.144. The zero-order valence-corrected chi connectivity index (χ0v) is 15.6. The third kappa shape index (κ3) is 3.31. The highest BCUT2D eigenvalue weighted by atomic mass is 32.2. The molecule has 0 aromatic carbocycles. The van der Waals surface area contributed by atoms with Gasteiger partial charge in [0.2, 0.25) is 10.0 Å². The van der Waals surface area contributed by atoms with Crippen LogP contribution in [0.1, 0.15) is 21.9 Å². The summed E-state index contributed by atoms with van der Waals surface area (Å²) >= 11 is 0. The first-order valence-corrected chi connectivity index (χ1v) is 9.83. The van der Waals surface area contributed by atoms with E-state index in [9.17, 15) is 13.2 Å². The van der Waals surface area contributed by atoms with Gasteiger partial charge in [-0.15, -0.1) is 0 Å². The molecule has 2 aromatic heterocycles. The zero-order valence-electron chi connectivity index (χ0n) is 14.8. The number of sulfonamides is 1. The Hall–Kier alpha value is -2.20. The van der Waals surface area contributed by atoms with Gasteiger partial charge in [-0.05, 0) is 19.9 Å². The second kappa shape index (κ2) is 6.26. The van der Waals surface area contributed by atoms with Gasteiger partial charge in [0.1, 0.15) is 5.69 Å². The van der Waals surface area contributed by atoms with Crippen molar-refractivity contribution >= 4 is 15.9 Å². The topological polar surface area (TPSA) is 104 Å². The van der Waals surface area contributed by atoms with Crippen molar-refractivity contribution in [3.8, 4) is 11.3 Å². The van der Waals surface area contributed by atoms with Crippen molar-refractivity contribution in [3.05, 3.63) is 23.1 Å². The van der Waals surface area contributed by atoms with Crippen LogP contribution in [0.15, 0.2) is 6.07 Å². The minimum Gasteiger partial charge on any atom is -0.335 e.